The van der Waals surface area contributed by atoms with E-state index in [1.807, 2.05) is 18.0 Å². The molecule has 0 aromatic carbocycles. The van der Waals surface area contributed by atoms with E-state index in [2.05, 4.69) is 25.8 Å². The van der Waals surface area contributed by atoms with Gasteiger partial charge in [-0.1, -0.05) is 45.2 Å². The van der Waals surface area contributed by atoms with E-state index in [1.54, 1.807) is 6.07 Å². The maximum Gasteiger partial charge on any atom is 0.254 e. The zero-order valence-corrected chi connectivity index (χ0v) is 14.2. The molecule has 1 heterocycles. The van der Waals surface area contributed by atoms with E-state index >= 15 is 0 Å². The minimum atomic E-state index is 0.0558. The fourth-order valence-corrected chi connectivity index (χ4v) is 3.27. The molecule has 0 bridgehead atoms. The quantitative estimate of drug-likeness (QED) is 0.770. The molecule has 0 spiro atoms. The minimum absolute atomic E-state index is 0.0558. The number of pyridine rings is 1. The lowest BCUT2D eigenvalue weighted by Crippen LogP contribution is -2.39. The topological polar surface area (TPSA) is 33.2 Å². The third-order valence-electron chi connectivity index (χ3n) is 4.43. The van der Waals surface area contributed by atoms with Crippen molar-refractivity contribution in [3.63, 3.8) is 0 Å². The highest BCUT2D eigenvalue weighted by molar-refractivity contribution is 6.29. The van der Waals surface area contributed by atoms with E-state index in [9.17, 15) is 4.79 Å². The maximum absolute atomic E-state index is 12.7. The van der Waals surface area contributed by atoms with Gasteiger partial charge in [0.15, 0.2) is 0 Å². The molecular weight excluding hydrogens is 284 g/mol. The van der Waals surface area contributed by atoms with Gasteiger partial charge in [-0.3, -0.25) is 4.79 Å². The molecule has 3 nitrogen and oxygen atoms in total. The second kappa shape index (κ2) is 6.78. The van der Waals surface area contributed by atoms with E-state index in [1.165, 1.54) is 12.8 Å². The summed E-state index contributed by atoms with van der Waals surface area (Å²) in [5, 5.41) is 0.398. The molecule has 1 fully saturated rings. The predicted molar refractivity (Wildman–Crippen MR) is 86.8 cm³/mol. The summed E-state index contributed by atoms with van der Waals surface area (Å²) >= 11 is 6.07. The van der Waals surface area contributed by atoms with Gasteiger partial charge in [0, 0.05) is 24.3 Å². The van der Waals surface area contributed by atoms with Crippen molar-refractivity contribution in [3.8, 4) is 0 Å². The van der Waals surface area contributed by atoms with Crippen molar-refractivity contribution in [3.05, 3.63) is 28.5 Å². The first-order valence-electron chi connectivity index (χ1n) is 7.83. The van der Waals surface area contributed by atoms with Gasteiger partial charge >= 0.3 is 0 Å². The molecule has 0 N–H and O–H groups in total. The molecule has 1 aliphatic rings. The zero-order valence-electron chi connectivity index (χ0n) is 13.4. The van der Waals surface area contributed by atoms with Crippen LogP contribution in [-0.2, 0) is 0 Å². The number of halogens is 1. The molecule has 1 aromatic heterocycles. The summed E-state index contributed by atoms with van der Waals surface area (Å²) in [4.78, 5) is 18.9. The molecule has 2 rings (SSSR count). The van der Waals surface area contributed by atoms with Gasteiger partial charge in [-0.25, -0.2) is 4.98 Å². The van der Waals surface area contributed by atoms with E-state index in [4.69, 9.17) is 11.6 Å². The summed E-state index contributed by atoms with van der Waals surface area (Å²) in [6, 6.07) is 3.90. The molecule has 2 unspecified atom stereocenters. The van der Waals surface area contributed by atoms with Gasteiger partial charge in [-0.15, -0.1) is 0 Å². The Morgan fingerprint density at radius 2 is 2.10 bits per heavy atom. The third kappa shape index (κ3) is 3.97. The Morgan fingerprint density at radius 1 is 1.38 bits per heavy atom. The number of hydrogen-bond donors (Lipinski definition) is 0. The minimum Gasteiger partial charge on any atom is -0.339 e. The largest absolute Gasteiger partial charge is 0.339 e. The first kappa shape index (κ1) is 16.3. The van der Waals surface area contributed by atoms with Gasteiger partial charge in [-0.05, 0) is 36.8 Å². The number of hydrogen-bond acceptors (Lipinski definition) is 2. The lowest BCUT2D eigenvalue weighted by molar-refractivity contribution is 0.0672. The summed E-state index contributed by atoms with van der Waals surface area (Å²) < 4.78 is 0. The van der Waals surface area contributed by atoms with E-state index in [0.717, 1.165) is 18.5 Å². The molecule has 0 radical (unpaired) electrons. The van der Waals surface area contributed by atoms with Crippen molar-refractivity contribution in [1.29, 1.82) is 0 Å². The molecule has 4 heteroatoms. The average molecular weight is 309 g/mol. The molecule has 21 heavy (non-hydrogen) atoms. The van der Waals surface area contributed by atoms with Crippen LogP contribution in [0.1, 0.15) is 68.4 Å². The van der Waals surface area contributed by atoms with Crippen LogP contribution in [0.2, 0.25) is 5.15 Å². The highest BCUT2D eigenvalue weighted by Crippen LogP contribution is 2.28. The fourth-order valence-electron chi connectivity index (χ4n) is 3.06. The van der Waals surface area contributed by atoms with Crippen molar-refractivity contribution in [1.82, 2.24) is 9.88 Å². The summed E-state index contributed by atoms with van der Waals surface area (Å²) in [7, 11) is 1.91. The standard InChI is InChI=1S/C17H25ClN2O/c1-11(2)15-9-13(10-16(18)19-15)17(21)20(4)14-7-5-6-12(3)8-14/h9-12,14H,5-8H2,1-4H3. The van der Waals surface area contributed by atoms with Crippen LogP contribution in [0.3, 0.4) is 0 Å². The summed E-state index contributed by atoms with van der Waals surface area (Å²) in [6.07, 6.45) is 4.68. The average Bonchev–Trinajstić information content (AvgIpc) is 2.45. The Bertz CT molecular complexity index is 516. The van der Waals surface area contributed by atoms with Crippen LogP contribution >= 0.6 is 11.6 Å². The van der Waals surface area contributed by atoms with Gasteiger partial charge in [0.1, 0.15) is 5.15 Å². The molecule has 1 saturated carbocycles. The molecule has 1 aromatic rings. The summed E-state index contributed by atoms with van der Waals surface area (Å²) in [6.45, 7) is 6.38. The smallest absolute Gasteiger partial charge is 0.254 e. The van der Waals surface area contributed by atoms with Crippen molar-refractivity contribution >= 4 is 17.5 Å². The highest BCUT2D eigenvalue weighted by Gasteiger charge is 2.26. The molecule has 1 amide bonds. The van der Waals surface area contributed by atoms with E-state index < -0.39 is 0 Å². The molecule has 0 saturated heterocycles. The second-order valence-corrected chi connectivity index (χ2v) is 6.99. The predicted octanol–water partition coefficient (Wildman–Crippen LogP) is 4.51. The molecule has 116 valence electrons. The SMILES string of the molecule is CC1CCCC(N(C)C(=O)c2cc(Cl)nc(C(C)C)c2)C1. The van der Waals surface area contributed by atoms with Crippen molar-refractivity contribution < 1.29 is 4.79 Å². The highest BCUT2D eigenvalue weighted by atomic mass is 35.5. The molecule has 2 atom stereocenters. The van der Waals surface area contributed by atoms with Gasteiger partial charge in [0.25, 0.3) is 5.91 Å². The number of rotatable bonds is 3. The van der Waals surface area contributed by atoms with Crippen LogP contribution < -0.4 is 0 Å². The van der Waals surface area contributed by atoms with Crippen LogP contribution in [-0.4, -0.2) is 28.9 Å². The van der Waals surface area contributed by atoms with Crippen LogP contribution in [0.4, 0.5) is 0 Å². The lowest BCUT2D eigenvalue weighted by Gasteiger charge is -2.34. The monoisotopic (exact) mass is 308 g/mol. The number of aromatic nitrogens is 1. The molecule has 0 aliphatic heterocycles. The number of amides is 1. The second-order valence-electron chi connectivity index (χ2n) is 6.60. The van der Waals surface area contributed by atoms with Crippen LogP contribution in [0.5, 0.6) is 0 Å². The van der Waals surface area contributed by atoms with Gasteiger partial charge < -0.3 is 4.90 Å². The number of carbonyl (C=O) groups is 1. The first-order chi connectivity index (χ1) is 9.88. The van der Waals surface area contributed by atoms with Crippen molar-refractivity contribution in [2.45, 2.75) is 58.4 Å². The van der Waals surface area contributed by atoms with Gasteiger partial charge in [0.05, 0.1) is 0 Å². The Morgan fingerprint density at radius 3 is 2.71 bits per heavy atom. The maximum atomic E-state index is 12.7. The van der Waals surface area contributed by atoms with E-state index in [-0.39, 0.29) is 11.8 Å². The Kier molecular flexibility index (Phi) is 5.26. The van der Waals surface area contributed by atoms with E-state index in [0.29, 0.717) is 22.7 Å². The van der Waals surface area contributed by atoms with Crippen LogP contribution in [0, 0.1) is 5.92 Å². The fraction of sp³-hybridized carbons (Fsp3) is 0.647. The summed E-state index contributed by atoms with van der Waals surface area (Å²) in [5.74, 6) is 1.02. The van der Waals surface area contributed by atoms with Crippen LogP contribution in [0.25, 0.3) is 0 Å². The normalized spacial score (nSPS) is 22.4. The number of nitrogens with zero attached hydrogens (tertiary/aromatic N) is 2. The van der Waals surface area contributed by atoms with Crippen molar-refractivity contribution in [2.75, 3.05) is 7.05 Å². The third-order valence-corrected chi connectivity index (χ3v) is 4.62. The Labute approximate surface area is 132 Å². The van der Waals surface area contributed by atoms with Crippen molar-refractivity contribution in [2.24, 2.45) is 5.92 Å². The Hall–Kier alpha value is -1.09. The Balaban J connectivity index is 2.18. The zero-order chi connectivity index (χ0) is 15.6. The summed E-state index contributed by atoms with van der Waals surface area (Å²) in [5.41, 5.74) is 1.52. The number of carbonyl (C=O) groups excluding carboxylic acids is 1. The molecule has 1 aliphatic carbocycles. The van der Waals surface area contributed by atoms with Crippen LogP contribution in [0.15, 0.2) is 12.1 Å². The van der Waals surface area contributed by atoms with Gasteiger partial charge in [-0.2, -0.15) is 0 Å². The molecular formula is C17H25ClN2O. The van der Waals surface area contributed by atoms with Gasteiger partial charge in [0.2, 0.25) is 0 Å². The first-order valence-corrected chi connectivity index (χ1v) is 8.21. The lowest BCUT2D eigenvalue weighted by atomic mass is 9.86.